The summed E-state index contributed by atoms with van der Waals surface area (Å²) < 4.78 is 12.4. The molecule has 4 aliphatic rings. The van der Waals surface area contributed by atoms with Gasteiger partial charge in [0, 0.05) is 44.2 Å². The number of carbonyl (C=O) groups excluding carboxylic acids is 3. The molecular formula is C33H45N3O6. The zero-order chi connectivity index (χ0) is 29.7. The molecule has 0 radical (unpaired) electrons. The highest BCUT2D eigenvalue weighted by Gasteiger charge is 2.71. The van der Waals surface area contributed by atoms with E-state index in [1.54, 1.807) is 9.80 Å². The van der Waals surface area contributed by atoms with E-state index in [1.807, 2.05) is 48.6 Å². The molecular weight excluding hydrogens is 534 g/mol. The molecule has 0 saturated carbocycles. The molecule has 1 unspecified atom stereocenters. The maximum atomic E-state index is 14.6. The second-order valence-corrected chi connectivity index (χ2v) is 11.6. The molecule has 2 saturated heterocycles. The smallest absolute Gasteiger partial charge is 0.312 e. The number of rotatable bonds is 10. The Labute approximate surface area is 249 Å². The minimum absolute atomic E-state index is 0.133. The molecule has 5 rings (SSSR count). The molecule has 228 valence electrons. The van der Waals surface area contributed by atoms with Gasteiger partial charge in [0.2, 0.25) is 5.91 Å². The van der Waals surface area contributed by atoms with Crippen molar-refractivity contribution in [3.63, 3.8) is 0 Å². The van der Waals surface area contributed by atoms with Gasteiger partial charge in [0.05, 0.1) is 18.6 Å². The van der Waals surface area contributed by atoms with E-state index in [0.29, 0.717) is 32.5 Å². The zero-order valence-electron chi connectivity index (χ0n) is 25.0. The monoisotopic (exact) mass is 579 g/mol. The first-order valence-electron chi connectivity index (χ1n) is 15.7. The number of fused-ring (bicyclic) bond motifs is 2. The second kappa shape index (κ2) is 13.4. The number of hydrogen-bond donors (Lipinski definition) is 1. The van der Waals surface area contributed by atoms with Crippen LogP contribution in [0.4, 0.5) is 11.4 Å². The van der Waals surface area contributed by atoms with Gasteiger partial charge in [-0.3, -0.25) is 14.4 Å². The van der Waals surface area contributed by atoms with Crippen LogP contribution in [-0.4, -0.2) is 84.9 Å². The van der Waals surface area contributed by atoms with Crippen LogP contribution in [-0.2, 0) is 23.9 Å². The first-order valence-corrected chi connectivity index (χ1v) is 15.7. The average molecular weight is 580 g/mol. The largest absolute Gasteiger partial charge is 0.465 e. The molecule has 1 aromatic carbocycles. The lowest BCUT2D eigenvalue weighted by molar-refractivity contribution is -0.154. The van der Waals surface area contributed by atoms with E-state index in [-0.39, 0.29) is 18.4 Å². The van der Waals surface area contributed by atoms with Gasteiger partial charge >= 0.3 is 5.97 Å². The summed E-state index contributed by atoms with van der Waals surface area (Å²) in [6.45, 7) is 7.17. The van der Waals surface area contributed by atoms with E-state index < -0.39 is 35.6 Å². The molecule has 4 aliphatic heterocycles. The first kappa shape index (κ1) is 30.3. The van der Waals surface area contributed by atoms with Crippen LogP contribution < -0.4 is 9.80 Å². The van der Waals surface area contributed by atoms with E-state index in [4.69, 9.17) is 9.47 Å². The summed E-state index contributed by atoms with van der Waals surface area (Å²) in [7, 11) is 0. The lowest BCUT2D eigenvalue weighted by atomic mass is 9.78. The fraction of sp³-hybridized carbons (Fsp3) is 0.606. The van der Waals surface area contributed by atoms with Crippen molar-refractivity contribution in [3.05, 3.63) is 48.6 Å². The van der Waals surface area contributed by atoms with Crippen molar-refractivity contribution in [1.29, 1.82) is 0 Å². The molecule has 1 aromatic rings. The van der Waals surface area contributed by atoms with Crippen molar-refractivity contribution in [2.75, 3.05) is 49.2 Å². The number of nitrogens with zero attached hydrogens (tertiary/aromatic N) is 3. The Morgan fingerprint density at radius 1 is 0.976 bits per heavy atom. The standard InChI is InChI=1S/C33H45N3O6/c1-3-34(4-2)24-15-17-25(18-16-24)35-21-13-19-33-28(27-26(42-33)14-9-5-8-12-23-41-32(27)40)30(38)36(29(33)31(35)39)20-10-6-7-11-22-37/h9,13-19,26-29,37H,3-8,10-12,20-23H2,1-2H3/b14-9-/t26-,27+,28-,29?,33-/m0/s1. The maximum absolute atomic E-state index is 14.6. The van der Waals surface area contributed by atoms with Gasteiger partial charge in [-0.25, -0.2) is 0 Å². The predicted octanol–water partition coefficient (Wildman–Crippen LogP) is 3.85. The van der Waals surface area contributed by atoms with Crippen molar-refractivity contribution < 1.29 is 29.0 Å². The van der Waals surface area contributed by atoms with Gasteiger partial charge in [-0.05, 0) is 70.2 Å². The summed E-state index contributed by atoms with van der Waals surface area (Å²) in [5.41, 5.74) is 0.584. The van der Waals surface area contributed by atoms with Crippen LogP contribution in [0, 0.1) is 11.8 Å². The number of anilines is 2. The van der Waals surface area contributed by atoms with E-state index in [2.05, 4.69) is 18.7 Å². The van der Waals surface area contributed by atoms with Crippen molar-refractivity contribution in [2.24, 2.45) is 11.8 Å². The summed E-state index contributed by atoms with van der Waals surface area (Å²) in [5, 5.41) is 9.19. The van der Waals surface area contributed by atoms with Crippen LogP contribution in [0.15, 0.2) is 48.6 Å². The zero-order valence-corrected chi connectivity index (χ0v) is 25.0. The fourth-order valence-electron chi connectivity index (χ4n) is 7.07. The number of benzene rings is 1. The molecule has 42 heavy (non-hydrogen) atoms. The predicted molar refractivity (Wildman–Crippen MR) is 161 cm³/mol. The SMILES string of the molecule is CCN(CC)c1ccc(N2CC=C[C@]34O[C@H]5/C=C\CCCCOC(=O)[C@H]5[C@H]3C(=O)N(CCCCCCO)C4C2=O)cc1. The number of aliphatic hydroxyl groups excluding tert-OH is 1. The third-order valence-electron chi connectivity index (χ3n) is 9.20. The lowest BCUT2D eigenvalue weighted by Gasteiger charge is -2.35. The van der Waals surface area contributed by atoms with Crippen LogP contribution in [0.3, 0.4) is 0 Å². The second-order valence-electron chi connectivity index (χ2n) is 11.6. The van der Waals surface area contributed by atoms with Crippen molar-refractivity contribution in [3.8, 4) is 0 Å². The van der Waals surface area contributed by atoms with E-state index in [0.717, 1.165) is 56.6 Å². The Morgan fingerprint density at radius 3 is 2.48 bits per heavy atom. The Bertz CT molecular complexity index is 1180. The minimum atomic E-state index is -1.26. The number of carbonyl (C=O) groups is 3. The van der Waals surface area contributed by atoms with Gasteiger partial charge < -0.3 is 29.3 Å². The van der Waals surface area contributed by atoms with E-state index in [1.165, 1.54) is 0 Å². The number of ether oxygens (including phenoxy) is 2. The fourth-order valence-corrected chi connectivity index (χ4v) is 7.07. The molecule has 9 nitrogen and oxygen atoms in total. The number of hydrogen-bond acceptors (Lipinski definition) is 7. The number of aliphatic hydroxyl groups is 1. The Hall–Kier alpha value is -3.17. The van der Waals surface area contributed by atoms with Gasteiger partial charge in [-0.2, -0.15) is 0 Å². The quantitative estimate of drug-likeness (QED) is 0.255. The summed E-state index contributed by atoms with van der Waals surface area (Å²) in [6.07, 6.45) is 12.6. The summed E-state index contributed by atoms with van der Waals surface area (Å²) >= 11 is 0. The normalized spacial score (nSPS) is 29.9. The van der Waals surface area contributed by atoms with E-state index in [9.17, 15) is 19.5 Å². The van der Waals surface area contributed by atoms with Crippen molar-refractivity contribution in [2.45, 2.75) is 76.5 Å². The van der Waals surface area contributed by atoms with Crippen molar-refractivity contribution >= 4 is 29.2 Å². The first-order chi connectivity index (χ1) is 20.5. The van der Waals surface area contributed by atoms with Gasteiger partial charge in [-0.1, -0.05) is 37.1 Å². The van der Waals surface area contributed by atoms with Crippen LogP contribution in [0.2, 0.25) is 0 Å². The highest BCUT2D eigenvalue weighted by molar-refractivity contribution is 6.05. The summed E-state index contributed by atoms with van der Waals surface area (Å²) in [5.74, 6) is -2.52. The van der Waals surface area contributed by atoms with Gasteiger partial charge in [0.15, 0.2) is 0 Å². The summed E-state index contributed by atoms with van der Waals surface area (Å²) in [6, 6.07) is 7.08. The Balaban J connectivity index is 1.50. The minimum Gasteiger partial charge on any atom is -0.465 e. The molecule has 9 heteroatoms. The highest BCUT2D eigenvalue weighted by atomic mass is 16.6. The third-order valence-corrected chi connectivity index (χ3v) is 9.20. The molecule has 5 atom stereocenters. The van der Waals surface area contributed by atoms with Gasteiger partial charge in [0.25, 0.3) is 5.91 Å². The highest BCUT2D eigenvalue weighted by Crippen LogP contribution is 2.53. The summed E-state index contributed by atoms with van der Waals surface area (Å²) in [4.78, 5) is 47.9. The van der Waals surface area contributed by atoms with Gasteiger partial charge in [-0.15, -0.1) is 0 Å². The van der Waals surface area contributed by atoms with Crippen molar-refractivity contribution in [1.82, 2.24) is 4.90 Å². The average Bonchev–Trinajstić information content (AvgIpc) is 3.38. The van der Waals surface area contributed by atoms with E-state index >= 15 is 0 Å². The Morgan fingerprint density at radius 2 is 1.74 bits per heavy atom. The third kappa shape index (κ3) is 5.61. The van der Waals surface area contributed by atoms with Crippen LogP contribution in [0.5, 0.6) is 0 Å². The van der Waals surface area contributed by atoms with Crippen LogP contribution in [0.1, 0.15) is 58.8 Å². The van der Waals surface area contributed by atoms with Gasteiger partial charge in [0.1, 0.15) is 17.6 Å². The van der Waals surface area contributed by atoms with Crippen LogP contribution in [0.25, 0.3) is 0 Å². The molecule has 4 heterocycles. The molecule has 0 bridgehead atoms. The molecule has 0 aromatic heterocycles. The lowest BCUT2D eigenvalue weighted by Crippen LogP contribution is -2.55. The maximum Gasteiger partial charge on any atom is 0.312 e. The molecule has 0 aliphatic carbocycles. The number of cyclic esters (lactones) is 1. The molecule has 1 spiro atoms. The van der Waals surface area contributed by atoms with Crippen LogP contribution >= 0.6 is 0 Å². The number of likely N-dealkylation sites (tertiary alicyclic amines) is 1. The molecule has 1 N–H and O–H groups in total. The number of amides is 2. The number of allylic oxidation sites excluding steroid dienone is 1. The Kier molecular flexibility index (Phi) is 9.68. The number of esters is 1. The molecule has 2 fully saturated rings. The number of unbranched alkanes of at least 4 members (excludes halogenated alkanes) is 3. The topological polar surface area (TPSA) is 99.6 Å². The molecule has 2 amide bonds.